The first-order valence-corrected chi connectivity index (χ1v) is 10.5. The molecule has 0 bridgehead atoms. The number of carbonyl (C=O) groups is 1. The van der Waals surface area contributed by atoms with Gasteiger partial charge in [-0.25, -0.2) is 0 Å². The highest BCUT2D eigenvalue weighted by Gasteiger charge is 2.19. The van der Waals surface area contributed by atoms with E-state index >= 15 is 0 Å². The van der Waals surface area contributed by atoms with Crippen molar-refractivity contribution >= 4 is 5.91 Å². The molecule has 0 N–H and O–H groups in total. The van der Waals surface area contributed by atoms with Crippen LogP contribution in [-0.4, -0.2) is 73.8 Å². The van der Waals surface area contributed by atoms with Gasteiger partial charge in [-0.15, -0.1) is 0 Å². The highest BCUT2D eigenvalue weighted by atomic mass is 16.5. The Balaban J connectivity index is 1.72. The number of hydrogen-bond acceptors (Lipinski definition) is 6. The quantitative estimate of drug-likeness (QED) is 0.597. The van der Waals surface area contributed by atoms with Crippen molar-refractivity contribution in [2.75, 3.05) is 53.1 Å². The molecule has 0 unspecified atom stereocenters. The number of ether oxygens (including phenoxy) is 3. The van der Waals surface area contributed by atoms with Gasteiger partial charge in [0.25, 0.3) is 5.91 Å². The molecule has 0 radical (unpaired) electrons. The molecule has 0 aliphatic carbocycles. The monoisotopic (exact) mass is 413 g/mol. The number of benzene rings is 1. The second kappa shape index (κ2) is 11.5. The third-order valence-electron chi connectivity index (χ3n) is 5.13. The number of aromatic nitrogens is 1. The van der Waals surface area contributed by atoms with Crippen LogP contribution < -0.4 is 9.47 Å². The normalized spacial score (nSPS) is 14.3. The fourth-order valence-corrected chi connectivity index (χ4v) is 3.53. The number of nitrogens with zero attached hydrogens (tertiary/aromatic N) is 3. The minimum Gasteiger partial charge on any atom is -0.493 e. The van der Waals surface area contributed by atoms with Crippen LogP contribution in [0.25, 0.3) is 0 Å². The average molecular weight is 414 g/mol. The Hall–Kier alpha value is -2.64. The molecule has 0 spiro atoms. The van der Waals surface area contributed by atoms with Crippen molar-refractivity contribution in [3.05, 3.63) is 53.9 Å². The first-order chi connectivity index (χ1) is 14.7. The summed E-state index contributed by atoms with van der Waals surface area (Å²) >= 11 is 0. The van der Waals surface area contributed by atoms with Crippen LogP contribution in [0.5, 0.6) is 11.5 Å². The molecule has 7 heteroatoms. The van der Waals surface area contributed by atoms with Gasteiger partial charge in [0.2, 0.25) is 0 Å². The zero-order valence-electron chi connectivity index (χ0n) is 17.9. The van der Waals surface area contributed by atoms with Crippen molar-refractivity contribution in [1.29, 1.82) is 0 Å². The number of methoxy groups -OCH3 is 1. The Labute approximate surface area is 178 Å². The number of hydrogen-bond donors (Lipinski definition) is 0. The first-order valence-electron chi connectivity index (χ1n) is 10.5. The lowest BCUT2D eigenvalue weighted by Crippen LogP contribution is -2.39. The lowest BCUT2D eigenvalue weighted by atomic mass is 10.1. The molecule has 7 nitrogen and oxygen atoms in total. The zero-order chi connectivity index (χ0) is 21.2. The molecule has 1 fully saturated rings. The Morgan fingerprint density at radius 3 is 2.63 bits per heavy atom. The van der Waals surface area contributed by atoms with E-state index in [1.807, 2.05) is 24.0 Å². The molecule has 1 saturated heterocycles. The van der Waals surface area contributed by atoms with Crippen molar-refractivity contribution in [1.82, 2.24) is 14.8 Å². The van der Waals surface area contributed by atoms with E-state index in [9.17, 15) is 4.79 Å². The standard InChI is InChI=1S/C23H31N3O4/c1-3-30-22-17-20(5-6-21(22)28-2)23(27)26(18-19-7-9-24-10-8-19)12-4-11-25-13-15-29-16-14-25/h5-10,17H,3-4,11-16,18H2,1-2H3. The van der Waals surface area contributed by atoms with E-state index in [4.69, 9.17) is 14.2 Å². The highest BCUT2D eigenvalue weighted by molar-refractivity contribution is 5.95. The van der Waals surface area contributed by atoms with Gasteiger partial charge in [0.15, 0.2) is 11.5 Å². The van der Waals surface area contributed by atoms with Gasteiger partial charge >= 0.3 is 0 Å². The minimum atomic E-state index is -0.0163. The van der Waals surface area contributed by atoms with E-state index in [-0.39, 0.29) is 5.91 Å². The highest BCUT2D eigenvalue weighted by Crippen LogP contribution is 2.28. The summed E-state index contributed by atoms with van der Waals surface area (Å²) in [6, 6.07) is 9.25. The fourth-order valence-electron chi connectivity index (χ4n) is 3.53. The second-order valence-electron chi connectivity index (χ2n) is 7.19. The summed E-state index contributed by atoms with van der Waals surface area (Å²) in [7, 11) is 1.60. The molecule has 162 valence electrons. The number of pyridine rings is 1. The third-order valence-corrected chi connectivity index (χ3v) is 5.13. The van der Waals surface area contributed by atoms with Crippen LogP contribution in [0.1, 0.15) is 29.3 Å². The smallest absolute Gasteiger partial charge is 0.254 e. The summed E-state index contributed by atoms with van der Waals surface area (Å²) in [5.41, 5.74) is 1.66. The maximum atomic E-state index is 13.4. The van der Waals surface area contributed by atoms with Gasteiger partial charge in [0.05, 0.1) is 26.9 Å². The predicted octanol–water partition coefficient (Wildman–Crippen LogP) is 2.85. The largest absolute Gasteiger partial charge is 0.493 e. The Bertz CT molecular complexity index is 794. The van der Waals surface area contributed by atoms with Gasteiger partial charge in [-0.05, 0) is 49.2 Å². The summed E-state index contributed by atoms with van der Waals surface area (Å²) in [6.45, 7) is 8.06. The molecular formula is C23H31N3O4. The molecule has 1 aliphatic heterocycles. The number of rotatable bonds is 10. The van der Waals surface area contributed by atoms with E-state index in [0.717, 1.165) is 44.8 Å². The molecule has 1 aromatic carbocycles. The van der Waals surface area contributed by atoms with E-state index in [2.05, 4.69) is 9.88 Å². The lowest BCUT2D eigenvalue weighted by Gasteiger charge is -2.28. The van der Waals surface area contributed by atoms with E-state index in [0.29, 0.717) is 36.8 Å². The van der Waals surface area contributed by atoms with Crippen LogP contribution in [0.3, 0.4) is 0 Å². The van der Waals surface area contributed by atoms with E-state index < -0.39 is 0 Å². The molecule has 2 heterocycles. The van der Waals surface area contributed by atoms with Crippen molar-refractivity contribution in [3.8, 4) is 11.5 Å². The zero-order valence-corrected chi connectivity index (χ0v) is 17.9. The molecule has 30 heavy (non-hydrogen) atoms. The molecule has 0 atom stereocenters. The van der Waals surface area contributed by atoms with Gasteiger partial charge < -0.3 is 19.1 Å². The van der Waals surface area contributed by atoms with Crippen LogP contribution in [-0.2, 0) is 11.3 Å². The van der Waals surface area contributed by atoms with Crippen LogP contribution >= 0.6 is 0 Å². The third kappa shape index (κ3) is 6.18. The Kier molecular flexibility index (Phi) is 8.47. The SMILES string of the molecule is CCOc1cc(C(=O)N(CCCN2CCOCC2)Cc2ccncc2)ccc1OC. The average Bonchev–Trinajstić information content (AvgIpc) is 2.79. The van der Waals surface area contributed by atoms with Crippen LogP contribution in [0.15, 0.2) is 42.7 Å². The van der Waals surface area contributed by atoms with Gasteiger partial charge in [0.1, 0.15) is 0 Å². The molecular weight excluding hydrogens is 382 g/mol. The molecule has 0 saturated carbocycles. The lowest BCUT2D eigenvalue weighted by molar-refractivity contribution is 0.0355. The van der Waals surface area contributed by atoms with Gasteiger partial charge in [0, 0.05) is 50.7 Å². The fraction of sp³-hybridized carbons (Fsp3) is 0.478. The van der Waals surface area contributed by atoms with Crippen molar-refractivity contribution in [3.63, 3.8) is 0 Å². The van der Waals surface area contributed by atoms with Gasteiger partial charge in [-0.2, -0.15) is 0 Å². The number of amides is 1. The predicted molar refractivity (Wildman–Crippen MR) is 115 cm³/mol. The molecule has 3 rings (SSSR count). The maximum absolute atomic E-state index is 13.4. The van der Waals surface area contributed by atoms with E-state index in [1.165, 1.54) is 0 Å². The van der Waals surface area contributed by atoms with Crippen molar-refractivity contribution < 1.29 is 19.0 Å². The maximum Gasteiger partial charge on any atom is 0.254 e. The van der Waals surface area contributed by atoms with Crippen molar-refractivity contribution in [2.45, 2.75) is 19.9 Å². The molecule has 1 aliphatic rings. The minimum absolute atomic E-state index is 0.0163. The number of morpholine rings is 1. The number of carbonyl (C=O) groups excluding carboxylic acids is 1. The molecule has 1 amide bonds. The van der Waals surface area contributed by atoms with Crippen LogP contribution in [0.4, 0.5) is 0 Å². The van der Waals surface area contributed by atoms with Crippen molar-refractivity contribution in [2.24, 2.45) is 0 Å². The molecule has 1 aromatic heterocycles. The summed E-state index contributed by atoms with van der Waals surface area (Å²) in [6.07, 6.45) is 4.42. The van der Waals surface area contributed by atoms with Crippen LogP contribution in [0.2, 0.25) is 0 Å². The van der Waals surface area contributed by atoms with Gasteiger partial charge in [-0.3, -0.25) is 14.7 Å². The first kappa shape index (κ1) is 22.1. The summed E-state index contributed by atoms with van der Waals surface area (Å²) in [5.74, 6) is 1.20. The van der Waals surface area contributed by atoms with Crippen LogP contribution in [0, 0.1) is 0 Å². The summed E-state index contributed by atoms with van der Waals surface area (Å²) in [5, 5.41) is 0. The Morgan fingerprint density at radius 1 is 1.17 bits per heavy atom. The summed E-state index contributed by atoms with van der Waals surface area (Å²) < 4.78 is 16.4. The topological polar surface area (TPSA) is 64.1 Å². The van der Waals surface area contributed by atoms with Gasteiger partial charge in [-0.1, -0.05) is 0 Å². The summed E-state index contributed by atoms with van der Waals surface area (Å²) in [4.78, 5) is 21.7. The Morgan fingerprint density at radius 2 is 1.93 bits per heavy atom. The molecule has 2 aromatic rings. The van der Waals surface area contributed by atoms with E-state index in [1.54, 1.807) is 37.7 Å². The second-order valence-corrected chi connectivity index (χ2v) is 7.19.